The van der Waals surface area contributed by atoms with Crippen LogP contribution in [-0.2, 0) is 4.74 Å². The van der Waals surface area contributed by atoms with Crippen LogP contribution in [0.2, 0.25) is 0 Å². The van der Waals surface area contributed by atoms with E-state index in [1.165, 1.54) is 18.8 Å². The first-order valence-electron chi connectivity index (χ1n) is 5.85. The summed E-state index contributed by atoms with van der Waals surface area (Å²) in [7, 11) is 0. The van der Waals surface area contributed by atoms with E-state index in [-0.39, 0.29) is 0 Å². The third-order valence-corrected chi connectivity index (χ3v) is 4.28. The molecule has 0 aromatic carbocycles. The van der Waals surface area contributed by atoms with Crippen LogP contribution in [0.25, 0.3) is 0 Å². The lowest BCUT2D eigenvalue weighted by Gasteiger charge is -2.34. The molecular formula is C11H24N2OS. The zero-order valence-electron chi connectivity index (χ0n) is 9.95. The van der Waals surface area contributed by atoms with Gasteiger partial charge in [-0.15, -0.1) is 0 Å². The Morgan fingerprint density at radius 1 is 1.47 bits per heavy atom. The minimum atomic E-state index is 0.629. The highest BCUT2D eigenvalue weighted by atomic mass is 32.2. The van der Waals surface area contributed by atoms with Gasteiger partial charge in [-0.1, -0.05) is 13.8 Å². The third-order valence-electron chi connectivity index (χ3n) is 2.74. The SMILES string of the molecule is CC(C)C1CN(CCOCCN)CCS1. The summed E-state index contributed by atoms with van der Waals surface area (Å²) in [4.78, 5) is 2.51. The maximum atomic E-state index is 5.41. The van der Waals surface area contributed by atoms with Crippen LogP contribution in [0.5, 0.6) is 0 Å². The molecule has 1 unspecified atom stereocenters. The van der Waals surface area contributed by atoms with Crippen LogP contribution in [0.1, 0.15) is 13.8 Å². The Morgan fingerprint density at radius 2 is 2.27 bits per heavy atom. The Kier molecular flexibility index (Phi) is 6.64. The minimum Gasteiger partial charge on any atom is -0.379 e. The Labute approximate surface area is 97.7 Å². The second-order valence-electron chi connectivity index (χ2n) is 4.35. The van der Waals surface area contributed by atoms with E-state index in [0.717, 1.165) is 24.3 Å². The highest BCUT2D eigenvalue weighted by Crippen LogP contribution is 2.24. The van der Waals surface area contributed by atoms with Crippen molar-refractivity contribution in [3.63, 3.8) is 0 Å². The summed E-state index contributed by atoms with van der Waals surface area (Å²) in [5.74, 6) is 2.04. The zero-order valence-corrected chi connectivity index (χ0v) is 10.8. The lowest BCUT2D eigenvalue weighted by molar-refractivity contribution is 0.109. The molecule has 0 spiro atoms. The van der Waals surface area contributed by atoms with E-state index in [2.05, 4.69) is 30.5 Å². The summed E-state index contributed by atoms with van der Waals surface area (Å²) in [6.45, 7) is 10.3. The molecule has 0 aromatic rings. The normalized spacial score (nSPS) is 23.6. The molecule has 0 amide bonds. The molecule has 0 saturated carbocycles. The van der Waals surface area contributed by atoms with Crippen LogP contribution >= 0.6 is 11.8 Å². The molecule has 90 valence electrons. The summed E-state index contributed by atoms with van der Waals surface area (Å²) in [5, 5.41) is 0.799. The van der Waals surface area contributed by atoms with E-state index < -0.39 is 0 Å². The van der Waals surface area contributed by atoms with Gasteiger partial charge in [0.05, 0.1) is 13.2 Å². The molecule has 1 aliphatic heterocycles. The van der Waals surface area contributed by atoms with Gasteiger partial charge in [-0.2, -0.15) is 11.8 Å². The van der Waals surface area contributed by atoms with Crippen molar-refractivity contribution in [1.29, 1.82) is 0 Å². The van der Waals surface area contributed by atoms with E-state index in [0.29, 0.717) is 13.2 Å². The van der Waals surface area contributed by atoms with Gasteiger partial charge in [-0.05, 0) is 5.92 Å². The number of thioether (sulfide) groups is 1. The minimum absolute atomic E-state index is 0.629. The van der Waals surface area contributed by atoms with Gasteiger partial charge in [0.25, 0.3) is 0 Å². The van der Waals surface area contributed by atoms with Gasteiger partial charge >= 0.3 is 0 Å². The maximum Gasteiger partial charge on any atom is 0.0594 e. The third kappa shape index (κ3) is 5.20. The van der Waals surface area contributed by atoms with Gasteiger partial charge in [-0.25, -0.2) is 0 Å². The summed E-state index contributed by atoms with van der Waals surface area (Å²) >= 11 is 2.12. The van der Waals surface area contributed by atoms with Crippen molar-refractivity contribution in [3.8, 4) is 0 Å². The first-order valence-corrected chi connectivity index (χ1v) is 6.90. The van der Waals surface area contributed by atoms with E-state index >= 15 is 0 Å². The molecule has 0 aliphatic carbocycles. The van der Waals surface area contributed by atoms with E-state index in [1.807, 2.05) is 0 Å². The molecule has 0 bridgehead atoms. The van der Waals surface area contributed by atoms with Gasteiger partial charge in [0, 0.05) is 37.2 Å². The van der Waals surface area contributed by atoms with Crippen molar-refractivity contribution in [2.24, 2.45) is 11.7 Å². The van der Waals surface area contributed by atoms with Crippen molar-refractivity contribution in [1.82, 2.24) is 4.90 Å². The Hall–Kier alpha value is 0.230. The fourth-order valence-corrected chi connectivity index (χ4v) is 3.08. The standard InChI is InChI=1S/C11H24N2OS/c1-10(2)11-9-13(5-8-15-11)4-7-14-6-3-12/h10-11H,3-9,12H2,1-2H3. The topological polar surface area (TPSA) is 38.5 Å². The van der Waals surface area contributed by atoms with E-state index in [1.54, 1.807) is 0 Å². The van der Waals surface area contributed by atoms with Crippen molar-refractivity contribution >= 4 is 11.8 Å². The zero-order chi connectivity index (χ0) is 11.1. The highest BCUT2D eigenvalue weighted by Gasteiger charge is 2.22. The van der Waals surface area contributed by atoms with Gasteiger partial charge in [0.1, 0.15) is 0 Å². The lowest BCUT2D eigenvalue weighted by Crippen LogP contribution is -2.41. The molecule has 4 heteroatoms. The first kappa shape index (κ1) is 13.3. The average molecular weight is 232 g/mol. The fraction of sp³-hybridized carbons (Fsp3) is 1.00. The number of hydrogen-bond acceptors (Lipinski definition) is 4. The van der Waals surface area contributed by atoms with Crippen molar-refractivity contribution in [2.45, 2.75) is 19.1 Å². The Balaban J connectivity index is 2.13. The average Bonchev–Trinajstić information content (AvgIpc) is 2.25. The van der Waals surface area contributed by atoms with Crippen LogP contribution in [0.15, 0.2) is 0 Å². The van der Waals surface area contributed by atoms with Crippen molar-refractivity contribution < 1.29 is 4.74 Å². The summed E-state index contributed by atoms with van der Waals surface area (Å²) in [6.07, 6.45) is 0. The van der Waals surface area contributed by atoms with Crippen LogP contribution < -0.4 is 5.73 Å². The molecule has 2 N–H and O–H groups in total. The van der Waals surface area contributed by atoms with Crippen molar-refractivity contribution in [2.75, 3.05) is 45.1 Å². The van der Waals surface area contributed by atoms with Crippen LogP contribution in [0.3, 0.4) is 0 Å². The summed E-state index contributed by atoms with van der Waals surface area (Å²) in [5.41, 5.74) is 5.37. The fourth-order valence-electron chi connectivity index (χ4n) is 1.72. The largest absolute Gasteiger partial charge is 0.379 e. The van der Waals surface area contributed by atoms with Crippen LogP contribution in [0.4, 0.5) is 0 Å². The molecule has 1 heterocycles. The first-order chi connectivity index (χ1) is 7.24. The van der Waals surface area contributed by atoms with E-state index in [9.17, 15) is 0 Å². The number of nitrogens with zero attached hydrogens (tertiary/aromatic N) is 1. The van der Waals surface area contributed by atoms with Crippen LogP contribution in [0, 0.1) is 5.92 Å². The number of nitrogens with two attached hydrogens (primary N) is 1. The molecule has 15 heavy (non-hydrogen) atoms. The predicted molar refractivity (Wildman–Crippen MR) is 67.4 cm³/mol. The molecule has 0 radical (unpaired) electrons. The van der Waals surface area contributed by atoms with Gasteiger partial charge in [-0.3, -0.25) is 4.90 Å². The quantitative estimate of drug-likeness (QED) is 0.694. The molecule has 1 atom stereocenters. The van der Waals surface area contributed by atoms with Gasteiger partial charge in [0.15, 0.2) is 0 Å². The molecular weight excluding hydrogens is 208 g/mol. The summed E-state index contributed by atoms with van der Waals surface area (Å²) < 4.78 is 5.41. The van der Waals surface area contributed by atoms with Gasteiger partial charge in [0.2, 0.25) is 0 Å². The molecule has 0 aromatic heterocycles. The molecule has 3 nitrogen and oxygen atoms in total. The second-order valence-corrected chi connectivity index (χ2v) is 5.70. The summed E-state index contributed by atoms with van der Waals surface area (Å²) in [6, 6.07) is 0. The van der Waals surface area contributed by atoms with Crippen molar-refractivity contribution in [3.05, 3.63) is 0 Å². The molecule has 1 saturated heterocycles. The lowest BCUT2D eigenvalue weighted by atomic mass is 10.1. The highest BCUT2D eigenvalue weighted by molar-refractivity contribution is 8.00. The van der Waals surface area contributed by atoms with E-state index in [4.69, 9.17) is 10.5 Å². The molecule has 1 rings (SSSR count). The molecule has 1 aliphatic rings. The second kappa shape index (κ2) is 7.49. The predicted octanol–water partition coefficient (Wildman–Crippen LogP) is 1.04. The Morgan fingerprint density at radius 3 is 2.93 bits per heavy atom. The Bertz CT molecular complexity index is 167. The number of rotatable bonds is 6. The maximum absolute atomic E-state index is 5.41. The number of ether oxygens (including phenoxy) is 1. The smallest absolute Gasteiger partial charge is 0.0594 e. The van der Waals surface area contributed by atoms with Crippen LogP contribution in [-0.4, -0.2) is 55.3 Å². The number of hydrogen-bond donors (Lipinski definition) is 1. The monoisotopic (exact) mass is 232 g/mol. The van der Waals surface area contributed by atoms with Gasteiger partial charge < -0.3 is 10.5 Å². The molecule has 1 fully saturated rings.